The molecule has 0 nitrogen and oxygen atoms in total. The summed E-state index contributed by atoms with van der Waals surface area (Å²) >= 11 is 3.81. The molecule has 2 heteroatoms. The zero-order valence-electron chi connectivity index (χ0n) is 32.0. The molecule has 7 aromatic carbocycles. The number of fused-ring (bicyclic) bond motifs is 7. The Morgan fingerprint density at radius 1 is 0.500 bits per heavy atom. The Morgan fingerprint density at radius 2 is 1.20 bits per heavy atom. The van der Waals surface area contributed by atoms with Crippen molar-refractivity contribution in [3.63, 3.8) is 0 Å². The minimum atomic E-state index is 0.514. The van der Waals surface area contributed by atoms with Gasteiger partial charge in [-0.15, -0.1) is 22.7 Å². The zero-order chi connectivity index (χ0) is 37.4. The van der Waals surface area contributed by atoms with Gasteiger partial charge in [-0.1, -0.05) is 175 Å². The zero-order valence-corrected chi connectivity index (χ0v) is 33.6. The van der Waals surface area contributed by atoms with Gasteiger partial charge < -0.3 is 0 Å². The van der Waals surface area contributed by atoms with E-state index in [4.69, 9.17) is 0 Å². The molecule has 2 heterocycles. The van der Waals surface area contributed by atoms with Crippen molar-refractivity contribution in [2.45, 2.75) is 53.4 Å². The Morgan fingerprint density at radius 3 is 1.98 bits per heavy atom. The second-order valence-electron chi connectivity index (χ2n) is 14.3. The Balaban J connectivity index is 0.000000121. The third-order valence-corrected chi connectivity index (χ3v) is 12.7. The van der Waals surface area contributed by atoms with E-state index in [9.17, 15) is 0 Å². The van der Waals surface area contributed by atoms with E-state index < -0.39 is 0 Å². The number of hydrogen-bond donors (Lipinski definition) is 0. The van der Waals surface area contributed by atoms with E-state index in [0.29, 0.717) is 5.92 Å². The van der Waals surface area contributed by atoms with E-state index >= 15 is 0 Å². The van der Waals surface area contributed by atoms with Gasteiger partial charge in [0.1, 0.15) is 0 Å². The van der Waals surface area contributed by atoms with Gasteiger partial charge in [0.05, 0.1) is 0 Å². The normalized spacial score (nSPS) is 12.7. The van der Waals surface area contributed by atoms with Gasteiger partial charge in [0.2, 0.25) is 0 Å². The SMILES string of the molecule is Cc1ccc2ccccc2c1.Cc1cccc2c1sc1ccccc12.Cc1cccc2sc3cc(C(C)C4=CC=CCC4)ccc3c12.Cc1ccccc1. The average molecular weight is 737 g/mol. The van der Waals surface area contributed by atoms with Crippen molar-refractivity contribution in [2.75, 3.05) is 0 Å². The lowest BCUT2D eigenvalue weighted by Gasteiger charge is -2.18. The first kappa shape index (κ1) is 37.1. The molecule has 0 radical (unpaired) electrons. The molecule has 9 aromatic rings. The highest BCUT2D eigenvalue weighted by atomic mass is 32.1. The average Bonchev–Trinajstić information content (AvgIpc) is 3.79. The van der Waals surface area contributed by atoms with E-state index in [1.54, 1.807) is 5.57 Å². The lowest BCUT2D eigenvalue weighted by molar-refractivity contribution is 0.800. The van der Waals surface area contributed by atoms with Crippen LogP contribution in [-0.4, -0.2) is 0 Å². The van der Waals surface area contributed by atoms with Crippen molar-refractivity contribution in [3.05, 3.63) is 203 Å². The highest BCUT2D eigenvalue weighted by molar-refractivity contribution is 7.26. The number of thiophene rings is 2. The van der Waals surface area contributed by atoms with Gasteiger partial charge in [0.15, 0.2) is 0 Å². The van der Waals surface area contributed by atoms with Gasteiger partial charge in [0, 0.05) is 46.3 Å². The molecule has 0 spiro atoms. The topological polar surface area (TPSA) is 0 Å². The third-order valence-electron chi connectivity index (χ3n) is 10.3. The lowest BCUT2D eigenvalue weighted by Crippen LogP contribution is -1.99. The predicted molar refractivity (Wildman–Crippen MR) is 243 cm³/mol. The molecule has 1 aliphatic rings. The van der Waals surface area contributed by atoms with E-state index in [1.807, 2.05) is 40.9 Å². The van der Waals surface area contributed by atoms with Crippen LogP contribution in [0.5, 0.6) is 0 Å². The first-order valence-corrected chi connectivity index (χ1v) is 20.6. The van der Waals surface area contributed by atoms with Crippen LogP contribution >= 0.6 is 22.7 Å². The summed E-state index contributed by atoms with van der Waals surface area (Å²) in [5, 5.41) is 8.26. The monoisotopic (exact) mass is 736 g/mol. The Labute approximate surface area is 328 Å². The minimum Gasteiger partial charge on any atom is -0.135 e. The first-order chi connectivity index (χ1) is 26.4. The van der Waals surface area contributed by atoms with Crippen LogP contribution in [0.3, 0.4) is 0 Å². The number of allylic oxidation sites excluding steroid dienone is 4. The molecule has 1 atom stereocenters. The molecule has 54 heavy (non-hydrogen) atoms. The summed E-state index contributed by atoms with van der Waals surface area (Å²) in [6, 6.07) is 54.0. The maximum Gasteiger partial charge on any atom is 0.0384 e. The quantitative estimate of drug-likeness (QED) is 0.166. The summed E-state index contributed by atoms with van der Waals surface area (Å²) < 4.78 is 5.63. The largest absolute Gasteiger partial charge is 0.135 e. The highest BCUT2D eigenvalue weighted by Crippen LogP contribution is 2.39. The number of benzene rings is 7. The molecular weight excluding hydrogens is 689 g/mol. The smallest absolute Gasteiger partial charge is 0.0384 e. The molecule has 268 valence electrons. The molecule has 0 bridgehead atoms. The van der Waals surface area contributed by atoms with Crippen molar-refractivity contribution in [3.8, 4) is 0 Å². The van der Waals surface area contributed by atoms with E-state index in [1.165, 1.54) is 91.8 Å². The Bertz CT molecular complexity index is 2720. The van der Waals surface area contributed by atoms with Crippen LogP contribution in [-0.2, 0) is 0 Å². The summed E-state index contributed by atoms with van der Waals surface area (Å²) in [7, 11) is 0. The summed E-state index contributed by atoms with van der Waals surface area (Å²) in [5.74, 6) is 0.514. The third kappa shape index (κ3) is 8.57. The number of rotatable bonds is 2. The fourth-order valence-corrected chi connectivity index (χ4v) is 9.62. The van der Waals surface area contributed by atoms with Crippen LogP contribution in [0.25, 0.3) is 51.1 Å². The first-order valence-electron chi connectivity index (χ1n) is 19.0. The van der Waals surface area contributed by atoms with E-state index in [2.05, 4.69) is 186 Å². The highest BCUT2D eigenvalue weighted by Gasteiger charge is 2.14. The molecule has 0 saturated carbocycles. The van der Waals surface area contributed by atoms with Crippen LogP contribution in [0, 0.1) is 27.7 Å². The second-order valence-corrected chi connectivity index (χ2v) is 16.4. The molecule has 0 saturated heterocycles. The fourth-order valence-electron chi connectivity index (χ4n) is 7.22. The van der Waals surface area contributed by atoms with Gasteiger partial charge in [-0.25, -0.2) is 0 Å². The van der Waals surface area contributed by atoms with Gasteiger partial charge in [0.25, 0.3) is 0 Å². The second kappa shape index (κ2) is 17.2. The molecule has 0 fully saturated rings. The summed E-state index contributed by atoms with van der Waals surface area (Å²) in [5.41, 5.74) is 8.40. The Kier molecular flexibility index (Phi) is 11.8. The molecule has 2 aromatic heterocycles. The maximum absolute atomic E-state index is 2.41. The van der Waals surface area contributed by atoms with Gasteiger partial charge in [-0.3, -0.25) is 0 Å². The van der Waals surface area contributed by atoms with Crippen LogP contribution in [0.1, 0.15) is 53.5 Å². The molecule has 0 aliphatic heterocycles. The molecular formula is C52H48S2. The lowest BCUT2D eigenvalue weighted by atomic mass is 9.87. The Hall–Kier alpha value is -5.28. The molecule has 0 N–H and O–H groups in total. The van der Waals surface area contributed by atoms with Crippen molar-refractivity contribution < 1.29 is 0 Å². The van der Waals surface area contributed by atoms with Crippen molar-refractivity contribution >= 4 is 73.8 Å². The fraction of sp³-hybridized carbons (Fsp3) is 0.154. The summed E-state index contributed by atoms with van der Waals surface area (Å²) in [4.78, 5) is 0. The molecule has 1 aliphatic carbocycles. The van der Waals surface area contributed by atoms with E-state index in [-0.39, 0.29) is 0 Å². The molecule has 0 amide bonds. The van der Waals surface area contributed by atoms with Crippen LogP contribution < -0.4 is 0 Å². The van der Waals surface area contributed by atoms with Crippen molar-refractivity contribution in [1.29, 1.82) is 0 Å². The molecule has 1 unspecified atom stereocenters. The van der Waals surface area contributed by atoms with Crippen LogP contribution in [0.2, 0.25) is 0 Å². The maximum atomic E-state index is 2.41. The van der Waals surface area contributed by atoms with Gasteiger partial charge >= 0.3 is 0 Å². The van der Waals surface area contributed by atoms with Crippen LogP contribution in [0.4, 0.5) is 0 Å². The number of hydrogen-bond acceptors (Lipinski definition) is 2. The van der Waals surface area contributed by atoms with Crippen LogP contribution in [0.15, 0.2) is 175 Å². The summed E-state index contributed by atoms with van der Waals surface area (Å²) in [6.45, 7) is 10.9. The standard InChI is InChI=1S/C21H20S.C13H10S.C11H10.C7H8/c1-14-7-6-10-19-21(14)18-12-11-17(13-20(18)22-19)15(2)16-8-4-3-5-9-16;1-9-5-4-7-11-10-6-2-3-8-12(10)14-13(9)11;1-9-6-7-10-4-2-3-5-11(10)8-9;1-7-5-3-2-4-6-7/h3-4,6-8,10-13,15H,5,9H2,1-2H3;2-8H,1H3;2-8H,1H3;2-6H,1H3. The van der Waals surface area contributed by atoms with Gasteiger partial charge in [-0.05, 0) is 86.2 Å². The van der Waals surface area contributed by atoms with E-state index in [0.717, 1.165) is 0 Å². The number of aryl methyl sites for hydroxylation is 4. The minimum absolute atomic E-state index is 0.514. The summed E-state index contributed by atoms with van der Waals surface area (Å²) in [6.07, 6.45) is 9.14. The van der Waals surface area contributed by atoms with Gasteiger partial charge in [-0.2, -0.15) is 0 Å². The molecule has 10 rings (SSSR count). The predicted octanol–water partition coefficient (Wildman–Crippen LogP) is 16.2. The van der Waals surface area contributed by atoms with Crippen molar-refractivity contribution in [1.82, 2.24) is 0 Å². The van der Waals surface area contributed by atoms with Crippen molar-refractivity contribution in [2.24, 2.45) is 0 Å².